The van der Waals surface area contributed by atoms with Crippen molar-refractivity contribution in [1.82, 2.24) is 4.72 Å². The lowest BCUT2D eigenvalue weighted by molar-refractivity contribution is -0.147. The van der Waals surface area contributed by atoms with Crippen LogP contribution in [0.25, 0.3) is 0 Å². The Labute approximate surface area is 123 Å². The van der Waals surface area contributed by atoms with Gasteiger partial charge in [-0.05, 0) is 43.5 Å². The number of aliphatic carboxylic acids is 1. The summed E-state index contributed by atoms with van der Waals surface area (Å²) in [5.41, 5.74) is -1.45. The normalized spacial score (nSPS) is 18.0. The molecule has 7 nitrogen and oxygen atoms in total. The molecule has 2 rings (SSSR count). The van der Waals surface area contributed by atoms with Crippen LogP contribution in [0.15, 0.2) is 34.1 Å². The number of sulfonamides is 1. The van der Waals surface area contributed by atoms with Crippen molar-refractivity contribution in [1.29, 1.82) is 0 Å². The Bertz CT molecular complexity index is 760. The number of sulfone groups is 1. The SMILES string of the molecule is CS(=O)(=O)c1ccc(S(=O)(=O)NC2(C(=O)O)CCC2)cc1. The van der Waals surface area contributed by atoms with E-state index in [1.54, 1.807) is 0 Å². The number of carboxylic acids is 1. The van der Waals surface area contributed by atoms with Crippen LogP contribution >= 0.6 is 0 Å². The minimum Gasteiger partial charge on any atom is -0.480 e. The van der Waals surface area contributed by atoms with Crippen LogP contribution in [0.3, 0.4) is 0 Å². The number of hydrogen-bond donors (Lipinski definition) is 2. The highest BCUT2D eigenvalue weighted by molar-refractivity contribution is 7.90. The summed E-state index contributed by atoms with van der Waals surface area (Å²) in [5, 5.41) is 9.14. The van der Waals surface area contributed by atoms with Crippen molar-refractivity contribution in [3.8, 4) is 0 Å². The highest BCUT2D eigenvalue weighted by Gasteiger charge is 2.47. The fraction of sp³-hybridized carbons (Fsp3) is 0.417. The van der Waals surface area contributed by atoms with Crippen LogP contribution in [0, 0.1) is 0 Å². The van der Waals surface area contributed by atoms with Gasteiger partial charge in [0, 0.05) is 6.26 Å². The Morgan fingerprint density at radius 1 is 1.10 bits per heavy atom. The summed E-state index contributed by atoms with van der Waals surface area (Å²) in [4.78, 5) is 11.0. The van der Waals surface area contributed by atoms with Gasteiger partial charge in [-0.1, -0.05) is 0 Å². The van der Waals surface area contributed by atoms with Crippen molar-refractivity contribution in [2.45, 2.75) is 34.6 Å². The quantitative estimate of drug-likeness (QED) is 0.804. The molecular formula is C12H15NO6S2. The van der Waals surface area contributed by atoms with E-state index in [0.717, 1.165) is 18.4 Å². The molecule has 0 aromatic heterocycles. The summed E-state index contributed by atoms with van der Waals surface area (Å²) < 4.78 is 49.2. The predicted octanol–water partition coefficient (Wildman–Crippen LogP) is 0.376. The van der Waals surface area contributed by atoms with Gasteiger partial charge in [0.05, 0.1) is 9.79 Å². The molecule has 21 heavy (non-hydrogen) atoms. The number of rotatable bonds is 5. The van der Waals surface area contributed by atoms with E-state index >= 15 is 0 Å². The van der Waals surface area contributed by atoms with Gasteiger partial charge in [-0.15, -0.1) is 0 Å². The Kier molecular flexibility index (Phi) is 3.85. The fourth-order valence-corrected chi connectivity index (χ4v) is 4.12. The third-order valence-electron chi connectivity index (χ3n) is 3.51. The number of benzene rings is 1. The van der Waals surface area contributed by atoms with Crippen LogP contribution in [0.5, 0.6) is 0 Å². The van der Waals surface area contributed by atoms with Crippen LogP contribution in [-0.4, -0.2) is 39.7 Å². The van der Waals surface area contributed by atoms with Crippen LogP contribution < -0.4 is 4.72 Å². The Morgan fingerprint density at radius 2 is 1.57 bits per heavy atom. The molecule has 0 atom stereocenters. The molecule has 1 aromatic rings. The second kappa shape index (κ2) is 5.08. The van der Waals surface area contributed by atoms with E-state index in [0.29, 0.717) is 6.42 Å². The highest BCUT2D eigenvalue weighted by Crippen LogP contribution is 2.33. The molecule has 0 saturated heterocycles. The van der Waals surface area contributed by atoms with Crippen molar-refractivity contribution in [3.63, 3.8) is 0 Å². The standard InChI is InChI=1S/C12H15NO6S2/c1-20(16,17)9-3-5-10(6-4-9)21(18,19)13-12(11(14)15)7-2-8-12/h3-6,13H,2,7-8H2,1H3,(H,14,15). The highest BCUT2D eigenvalue weighted by atomic mass is 32.2. The van der Waals surface area contributed by atoms with Crippen molar-refractivity contribution in [3.05, 3.63) is 24.3 Å². The predicted molar refractivity (Wildman–Crippen MR) is 74.1 cm³/mol. The average Bonchev–Trinajstić information content (AvgIpc) is 2.32. The molecule has 9 heteroatoms. The second-order valence-corrected chi connectivity index (χ2v) is 8.79. The minimum atomic E-state index is -4.01. The maximum atomic E-state index is 12.2. The van der Waals surface area contributed by atoms with Gasteiger partial charge in [-0.3, -0.25) is 4.79 Å². The lowest BCUT2D eigenvalue weighted by Gasteiger charge is -2.37. The number of hydrogen-bond acceptors (Lipinski definition) is 5. The van der Waals surface area contributed by atoms with E-state index < -0.39 is 31.4 Å². The summed E-state index contributed by atoms with van der Waals surface area (Å²) in [6.45, 7) is 0. The maximum absolute atomic E-state index is 12.2. The lowest BCUT2D eigenvalue weighted by Crippen LogP contribution is -2.58. The van der Waals surface area contributed by atoms with Gasteiger partial charge in [0.25, 0.3) is 0 Å². The first kappa shape index (κ1) is 15.9. The second-order valence-electron chi connectivity index (χ2n) is 5.09. The lowest BCUT2D eigenvalue weighted by atomic mass is 9.78. The minimum absolute atomic E-state index is 0.00181. The molecule has 2 N–H and O–H groups in total. The first-order valence-corrected chi connectivity index (χ1v) is 9.52. The van der Waals surface area contributed by atoms with E-state index in [1.807, 2.05) is 0 Å². The fourth-order valence-electron chi connectivity index (χ4n) is 2.07. The molecule has 1 aliphatic carbocycles. The Hall–Kier alpha value is -1.45. The van der Waals surface area contributed by atoms with Gasteiger partial charge < -0.3 is 5.11 Å². The van der Waals surface area contributed by atoms with E-state index in [2.05, 4.69) is 4.72 Å². The summed E-state index contributed by atoms with van der Waals surface area (Å²) in [5.74, 6) is -1.20. The molecule has 1 aromatic carbocycles. The monoisotopic (exact) mass is 333 g/mol. The van der Waals surface area contributed by atoms with Gasteiger partial charge in [0.2, 0.25) is 10.0 Å². The average molecular weight is 333 g/mol. The summed E-state index contributed by atoms with van der Waals surface area (Å²) >= 11 is 0. The topological polar surface area (TPSA) is 118 Å². The van der Waals surface area contributed by atoms with Crippen LogP contribution in [-0.2, 0) is 24.7 Å². The summed E-state index contributed by atoms with van der Waals surface area (Å²) in [6, 6.07) is 4.65. The van der Waals surface area contributed by atoms with Crippen LogP contribution in [0.4, 0.5) is 0 Å². The van der Waals surface area contributed by atoms with Crippen molar-refractivity contribution >= 4 is 25.8 Å². The zero-order valence-electron chi connectivity index (χ0n) is 11.2. The number of nitrogens with one attached hydrogen (secondary N) is 1. The van der Waals surface area contributed by atoms with Gasteiger partial charge in [0.15, 0.2) is 9.84 Å². The largest absolute Gasteiger partial charge is 0.480 e. The molecule has 0 amide bonds. The van der Waals surface area contributed by atoms with E-state index in [1.165, 1.54) is 12.1 Å². The molecule has 0 unspecified atom stereocenters. The molecule has 0 radical (unpaired) electrons. The van der Waals surface area contributed by atoms with Gasteiger partial charge in [0.1, 0.15) is 5.54 Å². The Balaban J connectivity index is 2.30. The smallest absolute Gasteiger partial charge is 0.324 e. The molecule has 1 fully saturated rings. The third-order valence-corrected chi connectivity index (χ3v) is 6.19. The Morgan fingerprint density at radius 3 is 1.90 bits per heavy atom. The molecule has 1 aliphatic rings. The zero-order valence-corrected chi connectivity index (χ0v) is 12.9. The molecule has 1 saturated carbocycles. The van der Waals surface area contributed by atoms with Gasteiger partial charge in [-0.25, -0.2) is 16.8 Å². The van der Waals surface area contributed by atoms with E-state index in [4.69, 9.17) is 5.11 Å². The van der Waals surface area contributed by atoms with E-state index in [9.17, 15) is 21.6 Å². The van der Waals surface area contributed by atoms with Gasteiger partial charge >= 0.3 is 5.97 Å². The molecule has 0 aliphatic heterocycles. The molecule has 0 spiro atoms. The van der Waals surface area contributed by atoms with Crippen molar-refractivity contribution in [2.24, 2.45) is 0 Å². The van der Waals surface area contributed by atoms with Crippen LogP contribution in [0.1, 0.15) is 19.3 Å². The molecular weight excluding hydrogens is 318 g/mol. The van der Waals surface area contributed by atoms with E-state index in [-0.39, 0.29) is 22.6 Å². The van der Waals surface area contributed by atoms with Crippen molar-refractivity contribution in [2.75, 3.05) is 6.26 Å². The first-order valence-electron chi connectivity index (χ1n) is 6.14. The first-order chi connectivity index (χ1) is 9.57. The summed E-state index contributed by atoms with van der Waals surface area (Å²) in [7, 11) is -7.43. The van der Waals surface area contributed by atoms with Crippen molar-refractivity contribution < 1.29 is 26.7 Å². The third kappa shape index (κ3) is 3.09. The molecule has 116 valence electrons. The molecule has 0 heterocycles. The number of carbonyl (C=O) groups is 1. The summed E-state index contributed by atoms with van der Waals surface area (Å²) in [6.07, 6.45) is 2.14. The zero-order chi connectivity index (χ0) is 15.9. The van der Waals surface area contributed by atoms with Crippen LogP contribution in [0.2, 0.25) is 0 Å². The molecule has 0 bridgehead atoms. The maximum Gasteiger partial charge on any atom is 0.324 e. The van der Waals surface area contributed by atoms with Gasteiger partial charge in [-0.2, -0.15) is 4.72 Å². The number of carboxylic acid groups (broad SMARTS) is 1.